The van der Waals surface area contributed by atoms with Gasteiger partial charge in [-0.2, -0.15) is 5.10 Å². The van der Waals surface area contributed by atoms with Crippen molar-refractivity contribution in [3.63, 3.8) is 0 Å². The van der Waals surface area contributed by atoms with Crippen molar-refractivity contribution in [2.24, 2.45) is 0 Å². The summed E-state index contributed by atoms with van der Waals surface area (Å²) >= 11 is 1.62. The maximum absolute atomic E-state index is 11.2. The molecule has 0 amide bonds. The summed E-state index contributed by atoms with van der Waals surface area (Å²) in [5.41, 5.74) is -0.0695. The molecule has 6 heteroatoms. The van der Waals surface area contributed by atoms with Crippen molar-refractivity contribution in [2.45, 2.75) is 51.2 Å². The van der Waals surface area contributed by atoms with E-state index < -0.39 is 0 Å². The van der Waals surface area contributed by atoms with E-state index in [-0.39, 0.29) is 11.5 Å². The lowest BCUT2D eigenvalue weighted by atomic mass is 10.1. The lowest BCUT2D eigenvalue weighted by Crippen LogP contribution is -2.24. The molecular weight excluding hydrogens is 250 g/mol. The second-order valence-corrected chi connectivity index (χ2v) is 5.94. The minimum Gasteiger partial charge on any atom is -0.466 e. The van der Waals surface area contributed by atoms with Gasteiger partial charge in [0.2, 0.25) is 0 Å². The number of nitrogens with zero attached hydrogens (tertiary/aromatic N) is 3. The molecule has 5 nitrogen and oxygen atoms in total. The van der Waals surface area contributed by atoms with Crippen molar-refractivity contribution >= 4 is 17.7 Å². The van der Waals surface area contributed by atoms with Gasteiger partial charge < -0.3 is 4.74 Å². The average Bonchev–Trinajstić information content (AvgIpc) is 2.72. The zero-order chi connectivity index (χ0) is 13.6. The van der Waals surface area contributed by atoms with Crippen LogP contribution in [0.2, 0.25) is 0 Å². The molecule has 102 valence electrons. The number of rotatable bonds is 6. The molecule has 1 heterocycles. The summed E-state index contributed by atoms with van der Waals surface area (Å²) in [5.74, 6) is 0.712. The molecule has 0 saturated heterocycles. The zero-order valence-corrected chi connectivity index (χ0v) is 12.3. The molecule has 0 unspecified atom stereocenters. The normalized spacial score (nSPS) is 11.6. The first kappa shape index (κ1) is 15.0. The number of thioether (sulfide) groups is 1. The zero-order valence-electron chi connectivity index (χ0n) is 11.5. The number of ether oxygens (including phenoxy) is 1. The largest absolute Gasteiger partial charge is 0.466 e. The Balaban J connectivity index is 2.36. The van der Waals surface area contributed by atoms with Gasteiger partial charge in [0.25, 0.3) is 0 Å². The fourth-order valence-corrected chi connectivity index (χ4v) is 2.44. The van der Waals surface area contributed by atoms with Crippen LogP contribution in [0.4, 0.5) is 0 Å². The van der Waals surface area contributed by atoms with Crippen LogP contribution in [-0.2, 0) is 15.1 Å². The van der Waals surface area contributed by atoms with Crippen LogP contribution in [0, 0.1) is 0 Å². The highest BCUT2D eigenvalue weighted by Crippen LogP contribution is 2.22. The molecule has 1 rings (SSSR count). The second-order valence-electron chi connectivity index (χ2n) is 4.88. The first-order valence-corrected chi connectivity index (χ1v) is 7.12. The Kier molecular flexibility index (Phi) is 5.65. The molecule has 0 radical (unpaired) electrons. The van der Waals surface area contributed by atoms with Crippen LogP contribution >= 0.6 is 11.8 Å². The van der Waals surface area contributed by atoms with Crippen molar-refractivity contribution in [3.05, 3.63) is 6.33 Å². The van der Waals surface area contributed by atoms with Crippen LogP contribution < -0.4 is 0 Å². The average molecular weight is 271 g/mol. The molecule has 0 atom stereocenters. The van der Waals surface area contributed by atoms with E-state index in [0.29, 0.717) is 13.0 Å². The van der Waals surface area contributed by atoms with E-state index in [1.54, 1.807) is 18.1 Å². The van der Waals surface area contributed by atoms with Gasteiger partial charge in [0, 0.05) is 12.2 Å². The topological polar surface area (TPSA) is 57.0 Å². The highest BCUT2D eigenvalue weighted by atomic mass is 32.2. The fourth-order valence-electron chi connectivity index (χ4n) is 1.40. The number of carbonyl (C=O) groups excluding carboxylic acids is 1. The highest BCUT2D eigenvalue weighted by molar-refractivity contribution is 7.99. The summed E-state index contributed by atoms with van der Waals surface area (Å²) in [6.07, 6.45) is 2.82. The summed E-state index contributed by atoms with van der Waals surface area (Å²) in [5, 5.41) is 5.12. The third-order valence-corrected chi connectivity index (χ3v) is 3.24. The molecule has 0 fully saturated rings. The molecule has 18 heavy (non-hydrogen) atoms. The summed E-state index contributed by atoms with van der Waals surface area (Å²) in [6, 6.07) is 0. The Morgan fingerprint density at radius 1 is 1.50 bits per heavy atom. The molecule has 0 spiro atoms. The molecule has 1 aromatic rings. The molecule has 0 aliphatic carbocycles. The summed E-state index contributed by atoms with van der Waals surface area (Å²) in [4.78, 5) is 15.4. The van der Waals surface area contributed by atoms with Gasteiger partial charge in [-0.25, -0.2) is 9.67 Å². The number of aromatic nitrogens is 3. The Morgan fingerprint density at radius 3 is 2.83 bits per heavy atom. The van der Waals surface area contributed by atoms with Gasteiger partial charge in [0.1, 0.15) is 6.33 Å². The molecule has 0 saturated carbocycles. The molecular formula is C12H21N3O2S. The first-order chi connectivity index (χ1) is 8.45. The number of hydrogen-bond donors (Lipinski definition) is 0. The second kappa shape index (κ2) is 6.78. The van der Waals surface area contributed by atoms with E-state index in [1.165, 1.54) is 0 Å². The Labute approximate surface area is 112 Å². The third kappa shape index (κ3) is 4.68. The molecule has 0 bridgehead atoms. The quantitative estimate of drug-likeness (QED) is 0.452. The minimum atomic E-state index is -0.129. The monoisotopic (exact) mass is 271 g/mol. The van der Waals surface area contributed by atoms with Crippen molar-refractivity contribution in [1.29, 1.82) is 0 Å². The molecule has 0 N–H and O–H groups in total. The van der Waals surface area contributed by atoms with Crippen LogP contribution in [0.15, 0.2) is 11.5 Å². The van der Waals surface area contributed by atoms with Crippen LogP contribution in [0.3, 0.4) is 0 Å². The van der Waals surface area contributed by atoms with Gasteiger partial charge >= 0.3 is 5.97 Å². The van der Waals surface area contributed by atoms with E-state index in [9.17, 15) is 4.79 Å². The smallest absolute Gasteiger partial charge is 0.305 e. The summed E-state index contributed by atoms with van der Waals surface area (Å²) in [6.45, 7) is 8.53. The van der Waals surface area contributed by atoms with E-state index in [2.05, 4.69) is 30.9 Å². The lowest BCUT2D eigenvalue weighted by Gasteiger charge is -2.20. The van der Waals surface area contributed by atoms with Crippen molar-refractivity contribution in [3.8, 4) is 0 Å². The van der Waals surface area contributed by atoms with Crippen molar-refractivity contribution < 1.29 is 9.53 Å². The van der Waals surface area contributed by atoms with E-state index >= 15 is 0 Å². The van der Waals surface area contributed by atoms with Gasteiger partial charge in [-0.1, -0.05) is 11.8 Å². The first-order valence-electron chi connectivity index (χ1n) is 6.14. The predicted molar refractivity (Wildman–Crippen MR) is 71.6 cm³/mol. The fraction of sp³-hybridized carbons (Fsp3) is 0.750. The Morgan fingerprint density at radius 2 is 2.22 bits per heavy atom. The van der Waals surface area contributed by atoms with Crippen molar-refractivity contribution in [1.82, 2.24) is 14.8 Å². The molecule has 1 aromatic heterocycles. The minimum absolute atomic E-state index is 0.0695. The SMILES string of the molecule is CCOC(=O)CCCSc1ncnn1C(C)(C)C. The maximum Gasteiger partial charge on any atom is 0.305 e. The van der Waals surface area contributed by atoms with Crippen LogP contribution in [0.1, 0.15) is 40.5 Å². The Hall–Kier alpha value is -1.04. The number of carbonyl (C=O) groups is 1. The standard InChI is InChI=1S/C12H21N3O2S/c1-5-17-10(16)7-6-8-18-11-13-9-14-15(11)12(2,3)4/h9H,5-8H2,1-4H3. The van der Waals surface area contributed by atoms with Crippen LogP contribution in [-0.4, -0.2) is 33.1 Å². The van der Waals surface area contributed by atoms with E-state index in [0.717, 1.165) is 17.3 Å². The van der Waals surface area contributed by atoms with Crippen molar-refractivity contribution in [2.75, 3.05) is 12.4 Å². The van der Waals surface area contributed by atoms with Gasteiger partial charge in [0.05, 0.1) is 12.1 Å². The molecule has 0 aliphatic rings. The van der Waals surface area contributed by atoms with Gasteiger partial charge in [-0.05, 0) is 34.1 Å². The highest BCUT2D eigenvalue weighted by Gasteiger charge is 2.18. The summed E-state index contributed by atoms with van der Waals surface area (Å²) in [7, 11) is 0. The van der Waals surface area contributed by atoms with Crippen LogP contribution in [0.25, 0.3) is 0 Å². The number of hydrogen-bond acceptors (Lipinski definition) is 5. The Bertz CT molecular complexity index is 385. The van der Waals surface area contributed by atoms with E-state index in [4.69, 9.17) is 4.74 Å². The third-order valence-electron chi connectivity index (χ3n) is 2.21. The molecule has 0 aliphatic heterocycles. The summed E-state index contributed by atoms with van der Waals surface area (Å²) < 4.78 is 6.78. The molecule has 0 aromatic carbocycles. The predicted octanol–water partition coefficient (Wildman–Crippen LogP) is 2.47. The van der Waals surface area contributed by atoms with Gasteiger partial charge in [0.15, 0.2) is 5.16 Å². The van der Waals surface area contributed by atoms with Gasteiger partial charge in [-0.15, -0.1) is 0 Å². The van der Waals surface area contributed by atoms with Gasteiger partial charge in [-0.3, -0.25) is 4.79 Å². The van der Waals surface area contributed by atoms with Crippen LogP contribution in [0.5, 0.6) is 0 Å². The number of esters is 1. The maximum atomic E-state index is 11.2. The van der Waals surface area contributed by atoms with E-state index in [1.807, 2.05) is 11.6 Å². The lowest BCUT2D eigenvalue weighted by molar-refractivity contribution is -0.143.